The highest BCUT2D eigenvalue weighted by atomic mass is 32.2. The molecule has 2 unspecified atom stereocenters. The Morgan fingerprint density at radius 3 is 2.86 bits per heavy atom. The summed E-state index contributed by atoms with van der Waals surface area (Å²) in [6.45, 7) is 4.09. The van der Waals surface area contributed by atoms with Crippen LogP contribution >= 0.6 is 0 Å². The predicted octanol–water partition coefficient (Wildman–Crippen LogP) is 2.62. The van der Waals surface area contributed by atoms with Crippen molar-refractivity contribution in [1.29, 1.82) is 5.26 Å². The minimum atomic E-state index is -2.88. The lowest BCUT2D eigenvalue weighted by molar-refractivity contribution is 0.101. The van der Waals surface area contributed by atoms with Gasteiger partial charge in [0.15, 0.2) is 0 Å². The number of aryl methyl sites for hydroxylation is 1. The van der Waals surface area contributed by atoms with Crippen LogP contribution in [0.4, 0.5) is 10.1 Å². The lowest BCUT2D eigenvalue weighted by atomic mass is 9.97. The van der Waals surface area contributed by atoms with Crippen LogP contribution in [0.15, 0.2) is 27.6 Å². The molecule has 8 nitrogen and oxygen atoms in total. The first kappa shape index (κ1) is 21.0. The monoisotopic (exact) mass is 418 g/mol. The van der Waals surface area contributed by atoms with Crippen LogP contribution in [0.3, 0.4) is 0 Å². The smallest absolute Gasteiger partial charge is 0.272 e. The van der Waals surface area contributed by atoms with Crippen LogP contribution in [-0.4, -0.2) is 32.8 Å². The van der Waals surface area contributed by atoms with E-state index in [9.17, 15) is 13.4 Å². The molecule has 154 valence electrons. The molecule has 3 rings (SSSR count). The third-order valence-electron chi connectivity index (χ3n) is 5.00. The fourth-order valence-electron chi connectivity index (χ4n) is 3.49. The summed E-state index contributed by atoms with van der Waals surface area (Å²) in [6.07, 6.45) is 2.91. The van der Waals surface area contributed by atoms with Gasteiger partial charge in [0.2, 0.25) is 5.95 Å². The van der Waals surface area contributed by atoms with E-state index >= 15 is 0 Å². The van der Waals surface area contributed by atoms with Gasteiger partial charge in [0, 0.05) is 43.7 Å². The molecule has 0 spiro atoms. The summed E-state index contributed by atoms with van der Waals surface area (Å²) in [4.78, 5) is 16.9. The zero-order chi connectivity index (χ0) is 21.3. The van der Waals surface area contributed by atoms with Crippen LogP contribution in [0.1, 0.15) is 42.0 Å². The van der Waals surface area contributed by atoms with Gasteiger partial charge < -0.3 is 9.88 Å². The number of fused-ring (bicyclic) bond motifs is 1. The number of nitriles is 1. The fourth-order valence-corrected chi connectivity index (χ4v) is 5.55. The Kier molecular flexibility index (Phi) is 5.73. The average Bonchev–Trinajstić information content (AvgIpc) is 2.93. The van der Waals surface area contributed by atoms with Gasteiger partial charge in [0.1, 0.15) is 27.4 Å². The van der Waals surface area contributed by atoms with Gasteiger partial charge in [-0.3, -0.25) is 4.79 Å². The van der Waals surface area contributed by atoms with Crippen LogP contribution in [0.25, 0.3) is 0 Å². The highest BCUT2D eigenvalue weighted by Crippen LogP contribution is 2.30. The standard InChI is InChI=1S/C19H23FN6O2S/c1-11(2)15-6-5-14-16(29(28,22-3)25-15)10-26(4)18(14)19(27)24-12-7-13(9-21)23-17(20)8-12/h7-8,10-11,15H,5-6H2,1-4H3,(H,22,25,28)(H,23,24,27). The Balaban J connectivity index is 2.03. The average molecular weight is 418 g/mol. The number of hydrogen-bond donors (Lipinski definition) is 2. The Labute approximate surface area is 169 Å². The minimum Gasteiger partial charge on any atom is -0.345 e. The molecule has 0 saturated carbocycles. The zero-order valence-corrected chi connectivity index (χ0v) is 17.5. The number of amides is 1. The number of aromatic nitrogens is 2. The maximum Gasteiger partial charge on any atom is 0.272 e. The molecule has 0 bridgehead atoms. The molecule has 10 heteroatoms. The first-order valence-electron chi connectivity index (χ1n) is 9.18. The third-order valence-corrected chi connectivity index (χ3v) is 7.09. The highest BCUT2D eigenvalue weighted by Gasteiger charge is 2.32. The van der Waals surface area contributed by atoms with Gasteiger partial charge in [0.05, 0.1) is 4.90 Å². The quantitative estimate of drug-likeness (QED) is 0.746. The molecule has 1 amide bonds. The van der Waals surface area contributed by atoms with Crippen molar-refractivity contribution in [2.45, 2.75) is 37.6 Å². The molecule has 0 aliphatic carbocycles. The summed E-state index contributed by atoms with van der Waals surface area (Å²) >= 11 is 0. The van der Waals surface area contributed by atoms with E-state index in [0.29, 0.717) is 29.0 Å². The molecule has 0 radical (unpaired) electrons. The highest BCUT2D eigenvalue weighted by molar-refractivity contribution is 7.91. The maximum absolute atomic E-state index is 13.6. The van der Waals surface area contributed by atoms with Crippen molar-refractivity contribution in [2.24, 2.45) is 17.3 Å². The molecule has 3 heterocycles. The molecule has 0 fully saturated rings. The molecule has 1 aliphatic heterocycles. The molecule has 2 aromatic rings. The van der Waals surface area contributed by atoms with Crippen LogP contribution < -0.4 is 10.0 Å². The van der Waals surface area contributed by atoms with Crippen molar-refractivity contribution < 1.29 is 13.4 Å². The van der Waals surface area contributed by atoms with Crippen molar-refractivity contribution in [3.8, 4) is 6.07 Å². The topological polar surface area (TPSA) is 112 Å². The second-order valence-electron chi connectivity index (χ2n) is 7.28. The first-order chi connectivity index (χ1) is 13.7. The van der Waals surface area contributed by atoms with Crippen molar-refractivity contribution in [2.75, 3.05) is 12.4 Å². The van der Waals surface area contributed by atoms with Crippen LogP contribution in [0, 0.1) is 23.2 Å². The minimum absolute atomic E-state index is 0.00713. The lowest BCUT2D eigenvalue weighted by Gasteiger charge is -2.21. The van der Waals surface area contributed by atoms with Crippen LogP contribution in [-0.2, 0) is 23.4 Å². The molecule has 2 aromatic heterocycles. The second-order valence-corrected chi connectivity index (χ2v) is 9.37. The SMILES string of the molecule is CN=S1(=O)NC(C(C)C)CCc2c1cn(C)c2C(=O)Nc1cc(F)nc(C#N)c1. The summed E-state index contributed by atoms with van der Waals surface area (Å²) in [5.74, 6) is -1.09. The number of pyridine rings is 1. The van der Waals surface area contributed by atoms with Crippen LogP contribution in [0.2, 0.25) is 0 Å². The number of nitrogens with zero attached hydrogens (tertiary/aromatic N) is 4. The zero-order valence-electron chi connectivity index (χ0n) is 16.7. The van der Waals surface area contributed by atoms with Gasteiger partial charge in [-0.1, -0.05) is 13.8 Å². The van der Waals surface area contributed by atoms with Crippen molar-refractivity contribution in [1.82, 2.24) is 14.3 Å². The van der Waals surface area contributed by atoms with Crippen molar-refractivity contribution in [3.05, 3.63) is 41.2 Å². The molecule has 29 heavy (non-hydrogen) atoms. The van der Waals surface area contributed by atoms with E-state index in [4.69, 9.17) is 5.26 Å². The van der Waals surface area contributed by atoms with E-state index in [0.717, 1.165) is 6.07 Å². The molecule has 0 saturated heterocycles. The number of halogens is 1. The molecule has 0 aromatic carbocycles. The summed E-state index contributed by atoms with van der Waals surface area (Å²) in [5, 5.41) is 11.6. The van der Waals surface area contributed by atoms with E-state index in [2.05, 4.69) is 19.4 Å². The summed E-state index contributed by atoms with van der Waals surface area (Å²) in [7, 11) is 0.303. The summed E-state index contributed by atoms with van der Waals surface area (Å²) in [5.41, 5.74) is 0.981. The number of carbonyl (C=O) groups excluding carboxylic acids is 1. The summed E-state index contributed by atoms with van der Waals surface area (Å²) < 4.78 is 36.0. The largest absolute Gasteiger partial charge is 0.345 e. The Hall–Kier alpha value is -2.77. The van der Waals surface area contributed by atoms with Crippen molar-refractivity contribution in [3.63, 3.8) is 0 Å². The van der Waals surface area contributed by atoms with Gasteiger partial charge in [-0.25, -0.2) is 18.3 Å². The molecular formula is C19H23FN6O2S. The van der Waals surface area contributed by atoms with Crippen molar-refractivity contribution >= 4 is 21.5 Å². The predicted molar refractivity (Wildman–Crippen MR) is 107 cm³/mol. The maximum atomic E-state index is 13.6. The Morgan fingerprint density at radius 1 is 1.52 bits per heavy atom. The van der Waals surface area contributed by atoms with E-state index in [1.54, 1.807) is 23.9 Å². The van der Waals surface area contributed by atoms with E-state index in [1.165, 1.54) is 13.1 Å². The van der Waals surface area contributed by atoms with Gasteiger partial charge in [0.25, 0.3) is 5.91 Å². The first-order valence-corrected chi connectivity index (χ1v) is 10.7. The molecule has 1 aliphatic rings. The molecule has 2 N–H and O–H groups in total. The summed E-state index contributed by atoms with van der Waals surface area (Å²) in [6, 6.07) is 4.08. The number of hydrogen-bond acceptors (Lipinski definition) is 5. The van der Waals surface area contributed by atoms with Gasteiger partial charge >= 0.3 is 0 Å². The number of nitrogens with one attached hydrogen (secondary N) is 2. The molecule has 2 atom stereocenters. The fraction of sp³-hybridized carbons (Fsp3) is 0.421. The lowest BCUT2D eigenvalue weighted by Crippen LogP contribution is -2.37. The van der Waals surface area contributed by atoms with E-state index in [1.807, 2.05) is 13.8 Å². The normalized spacial score (nSPS) is 21.2. The second kappa shape index (κ2) is 7.93. The third kappa shape index (κ3) is 4.02. The van der Waals surface area contributed by atoms with Crippen LogP contribution in [0.5, 0.6) is 0 Å². The number of carbonyl (C=O) groups is 1. The Bertz CT molecular complexity index is 1120. The number of anilines is 1. The van der Waals surface area contributed by atoms with E-state index < -0.39 is 21.8 Å². The molecular weight excluding hydrogens is 395 g/mol. The Morgan fingerprint density at radius 2 is 2.24 bits per heavy atom. The van der Waals surface area contributed by atoms with Gasteiger partial charge in [-0.15, -0.1) is 0 Å². The van der Waals surface area contributed by atoms with Gasteiger partial charge in [-0.2, -0.15) is 9.65 Å². The van der Waals surface area contributed by atoms with E-state index in [-0.39, 0.29) is 23.3 Å². The number of rotatable bonds is 3. The van der Waals surface area contributed by atoms with Gasteiger partial charge in [-0.05, 0) is 24.8 Å².